The SMILES string of the molecule is N#CCn1c2c(c3ccccc31)CCN(C(=O)O)C2C1(c2ccc(Cl)cc2)CCC1. The fraction of sp³-hybridized carbons (Fsp3) is 0.333. The molecular formula is C24H22ClN3O2. The summed E-state index contributed by atoms with van der Waals surface area (Å²) in [7, 11) is 0. The molecule has 1 amide bonds. The van der Waals surface area contributed by atoms with Crippen molar-refractivity contribution in [3.05, 3.63) is 70.4 Å². The molecule has 1 aromatic heterocycles. The summed E-state index contributed by atoms with van der Waals surface area (Å²) in [6.45, 7) is 0.666. The topological polar surface area (TPSA) is 69.3 Å². The highest BCUT2D eigenvalue weighted by molar-refractivity contribution is 6.30. The van der Waals surface area contributed by atoms with E-state index in [1.807, 2.05) is 47.0 Å². The summed E-state index contributed by atoms with van der Waals surface area (Å²) in [5.41, 5.74) is 3.99. The number of nitriles is 1. The van der Waals surface area contributed by atoms with Crippen LogP contribution in [-0.2, 0) is 18.4 Å². The molecule has 1 N–H and O–H groups in total. The second-order valence-electron chi connectivity index (χ2n) is 8.27. The van der Waals surface area contributed by atoms with Crippen molar-refractivity contribution in [2.75, 3.05) is 6.54 Å². The molecule has 2 aromatic carbocycles. The van der Waals surface area contributed by atoms with E-state index in [2.05, 4.69) is 12.1 Å². The van der Waals surface area contributed by atoms with E-state index in [9.17, 15) is 15.2 Å². The molecule has 0 radical (unpaired) electrons. The minimum Gasteiger partial charge on any atom is -0.465 e. The van der Waals surface area contributed by atoms with Crippen molar-refractivity contribution >= 4 is 28.6 Å². The molecule has 1 aliphatic carbocycles. The summed E-state index contributed by atoms with van der Waals surface area (Å²) in [6, 6.07) is 17.9. The molecule has 0 spiro atoms. The molecule has 1 saturated carbocycles. The monoisotopic (exact) mass is 419 g/mol. The molecule has 30 heavy (non-hydrogen) atoms. The molecule has 2 heterocycles. The second kappa shape index (κ2) is 7.07. The standard InChI is InChI=1S/C24H22ClN3O2/c25-17-8-6-16(7-9-17)24(11-3-12-24)22-21-19(10-14-28(22)23(29)30)18-4-1-2-5-20(18)27(21)15-13-26/h1-2,4-9,22H,3,10-12,14-15H2,(H,29,30). The van der Waals surface area contributed by atoms with Crippen molar-refractivity contribution in [2.24, 2.45) is 0 Å². The van der Waals surface area contributed by atoms with Crippen molar-refractivity contribution < 1.29 is 9.90 Å². The van der Waals surface area contributed by atoms with Gasteiger partial charge in [0.2, 0.25) is 0 Å². The number of fused-ring (bicyclic) bond motifs is 3. The maximum absolute atomic E-state index is 12.4. The van der Waals surface area contributed by atoms with Crippen LogP contribution in [0.3, 0.4) is 0 Å². The molecule has 1 atom stereocenters. The lowest BCUT2D eigenvalue weighted by Crippen LogP contribution is -2.53. The van der Waals surface area contributed by atoms with Crippen LogP contribution in [0.15, 0.2) is 48.5 Å². The van der Waals surface area contributed by atoms with E-state index < -0.39 is 6.09 Å². The van der Waals surface area contributed by atoms with Crippen LogP contribution in [0.1, 0.15) is 42.1 Å². The van der Waals surface area contributed by atoms with Gasteiger partial charge in [-0.1, -0.05) is 48.4 Å². The molecule has 1 unspecified atom stereocenters. The first-order valence-corrected chi connectivity index (χ1v) is 10.7. The second-order valence-corrected chi connectivity index (χ2v) is 8.71. The Balaban J connectivity index is 1.79. The lowest BCUT2D eigenvalue weighted by molar-refractivity contribution is 0.0477. The van der Waals surface area contributed by atoms with Gasteiger partial charge in [0.1, 0.15) is 6.54 Å². The minimum atomic E-state index is -0.903. The third-order valence-electron chi connectivity index (χ3n) is 6.96. The molecule has 0 saturated heterocycles. The van der Waals surface area contributed by atoms with Gasteiger partial charge in [-0.25, -0.2) is 4.79 Å². The molecule has 5 nitrogen and oxygen atoms in total. The maximum atomic E-state index is 12.4. The Bertz CT molecular complexity index is 1170. The number of hydrogen-bond donors (Lipinski definition) is 1. The van der Waals surface area contributed by atoms with E-state index in [1.165, 1.54) is 5.56 Å². The van der Waals surface area contributed by atoms with Crippen LogP contribution in [0.2, 0.25) is 5.02 Å². The van der Waals surface area contributed by atoms with E-state index in [0.717, 1.165) is 41.4 Å². The van der Waals surface area contributed by atoms with Crippen molar-refractivity contribution in [2.45, 2.75) is 43.7 Å². The molecule has 0 bridgehead atoms. The van der Waals surface area contributed by atoms with Crippen LogP contribution >= 0.6 is 11.6 Å². The summed E-state index contributed by atoms with van der Waals surface area (Å²) in [6.07, 6.45) is 2.64. The number of benzene rings is 2. The zero-order valence-electron chi connectivity index (χ0n) is 16.5. The van der Waals surface area contributed by atoms with Crippen LogP contribution in [-0.4, -0.2) is 27.2 Å². The first kappa shape index (κ1) is 19.0. The minimum absolute atomic E-state index is 0.205. The Morgan fingerprint density at radius 3 is 2.57 bits per heavy atom. The number of hydrogen-bond acceptors (Lipinski definition) is 2. The Morgan fingerprint density at radius 1 is 1.20 bits per heavy atom. The Labute approximate surface area is 180 Å². The summed E-state index contributed by atoms with van der Waals surface area (Å²) < 4.78 is 2.04. The molecule has 3 aromatic rings. The van der Waals surface area contributed by atoms with E-state index in [0.29, 0.717) is 18.0 Å². The van der Waals surface area contributed by atoms with Gasteiger partial charge in [-0.3, -0.25) is 4.90 Å². The Kier molecular flexibility index (Phi) is 4.48. The predicted octanol–water partition coefficient (Wildman–Crippen LogP) is 5.52. The van der Waals surface area contributed by atoms with Gasteiger partial charge in [0, 0.05) is 33.6 Å². The molecule has 152 valence electrons. The van der Waals surface area contributed by atoms with Crippen LogP contribution in [0.4, 0.5) is 4.79 Å². The Morgan fingerprint density at radius 2 is 1.93 bits per heavy atom. The summed E-state index contributed by atoms with van der Waals surface area (Å²) in [4.78, 5) is 14.0. The predicted molar refractivity (Wildman–Crippen MR) is 116 cm³/mol. The fourth-order valence-electron chi connectivity index (χ4n) is 5.55. The third-order valence-corrected chi connectivity index (χ3v) is 7.21. The number of para-hydroxylation sites is 1. The smallest absolute Gasteiger partial charge is 0.407 e. The van der Waals surface area contributed by atoms with Crippen molar-refractivity contribution in [3.63, 3.8) is 0 Å². The molecule has 1 aliphatic heterocycles. The first-order chi connectivity index (χ1) is 14.6. The summed E-state index contributed by atoms with van der Waals surface area (Å²) in [5, 5.41) is 21.5. The first-order valence-electron chi connectivity index (χ1n) is 10.3. The average Bonchev–Trinajstić information content (AvgIpc) is 3.03. The molecule has 1 fully saturated rings. The molecular weight excluding hydrogens is 398 g/mol. The normalized spacial score (nSPS) is 19.7. The summed E-state index contributed by atoms with van der Waals surface area (Å²) in [5.74, 6) is 0. The number of aromatic nitrogens is 1. The van der Waals surface area contributed by atoms with E-state index >= 15 is 0 Å². The van der Waals surface area contributed by atoms with Crippen LogP contribution in [0, 0.1) is 11.3 Å². The number of carbonyl (C=O) groups is 1. The van der Waals surface area contributed by atoms with Crippen molar-refractivity contribution in [3.8, 4) is 6.07 Å². The van der Waals surface area contributed by atoms with E-state index in [-0.39, 0.29) is 18.0 Å². The van der Waals surface area contributed by atoms with Crippen LogP contribution in [0.25, 0.3) is 10.9 Å². The highest BCUT2D eigenvalue weighted by Gasteiger charge is 2.53. The van der Waals surface area contributed by atoms with Crippen LogP contribution < -0.4 is 0 Å². The van der Waals surface area contributed by atoms with Crippen LogP contribution in [0.5, 0.6) is 0 Å². The number of rotatable bonds is 3. The van der Waals surface area contributed by atoms with Crippen molar-refractivity contribution in [1.82, 2.24) is 9.47 Å². The zero-order valence-corrected chi connectivity index (χ0v) is 17.3. The largest absolute Gasteiger partial charge is 0.465 e. The molecule has 6 heteroatoms. The van der Waals surface area contributed by atoms with Crippen molar-refractivity contribution in [1.29, 1.82) is 5.26 Å². The fourth-order valence-corrected chi connectivity index (χ4v) is 5.67. The van der Waals surface area contributed by atoms with Gasteiger partial charge in [-0.15, -0.1) is 0 Å². The van der Waals surface area contributed by atoms with Gasteiger partial charge in [0.25, 0.3) is 0 Å². The molecule has 5 rings (SSSR count). The highest BCUT2D eigenvalue weighted by atomic mass is 35.5. The van der Waals surface area contributed by atoms with Gasteiger partial charge in [0.15, 0.2) is 0 Å². The number of amides is 1. The quantitative estimate of drug-likeness (QED) is 0.607. The lowest BCUT2D eigenvalue weighted by Gasteiger charge is -2.53. The number of carboxylic acid groups (broad SMARTS) is 1. The van der Waals surface area contributed by atoms with Gasteiger partial charge < -0.3 is 9.67 Å². The van der Waals surface area contributed by atoms with E-state index in [4.69, 9.17) is 11.6 Å². The van der Waals surface area contributed by atoms with Gasteiger partial charge in [-0.2, -0.15) is 5.26 Å². The summed E-state index contributed by atoms with van der Waals surface area (Å²) >= 11 is 6.14. The third kappa shape index (κ3) is 2.64. The van der Waals surface area contributed by atoms with E-state index in [1.54, 1.807) is 4.90 Å². The lowest BCUT2D eigenvalue weighted by atomic mass is 9.58. The zero-order chi connectivity index (χ0) is 20.9. The molecule has 2 aliphatic rings. The van der Waals surface area contributed by atoms with Gasteiger partial charge in [-0.05, 0) is 48.6 Å². The maximum Gasteiger partial charge on any atom is 0.407 e. The van der Waals surface area contributed by atoms with Gasteiger partial charge >= 0.3 is 6.09 Å². The number of nitrogens with zero attached hydrogens (tertiary/aromatic N) is 3. The Hall–Kier alpha value is -2.97. The number of halogens is 1. The van der Waals surface area contributed by atoms with Gasteiger partial charge in [0.05, 0.1) is 12.1 Å². The average molecular weight is 420 g/mol. The highest BCUT2D eigenvalue weighted by Crippen LogP contribution is 2.57.